The Morgan fingerprint density at radius 2 is 1.88 bits per heavy atom. The zero-order valence-electron chi connectivity index (χ0n) is 15.6. The van der Waals surface area contributed by atoms with Gasteiger partial charge in [-0.15, -0.1) is 0 Å². The van der Waals surface area contributed by atoms with Crippen molar-refractivity contribution in [1.29, 1.82) is 0 Å². The van der Waals surface area contributed by atoms with Crippen LogP contribution < -0.4 is 16.2 Å². The van der Waals surface area contributed by atoms with E-state index in [9.17, 15) is 4.79 Å². The number of allylic oxidation sites excluding steroid dienone is 1. The minimum atomic E-state index is 0.222. The smallest absolute Gasteiger partial charge is 0.156 e. The summed E-state index contributed by atoms with van der Waals surface area (Å²) in [6, 6.07) is 5.02. The Morgan fingerprint density at radius 1 is 1.27 bits per heavy atom. The van der Waals surface area contributed by atoms with Crippen molar-refractivity contribution in [3.05, 3.63) is 40.7 Å². The number of amidine groups is 1. The average molecular weight is 378 g/mol. The second-order valence-electron chi connectivity index (χ2n) is 5.97. The van der Waals surface area contributed by atoms with Gasteiger partial charge in [0.15, 0.2) is 12.1 Å². The quantitative estimate of drug-likeness (QED) is 0.367. The van der Waals surface area contributed by atoms with Crippen LogP contribution >= 0.6 is 11.6 Å². The highest BCUT2D eigenvalue weighted by molar-refractivity contribution is 6.34. The second-order valence-corrected chi connectivity index (χ2v) is 6.33. The molecule has 7 nitrogen and oxygen atoms in total. The van der Waals surface area contributed by atoms with Gasteiger partial charge in [-0.2, -0.15) is 0 Å². The molecular weight excluding hydrogens is 354 g/mol. The number of nitrogens with two attached hydrogens (primary N) is 2. The Labute approximate surface area is 158 Å². The number of carbonyl (C=O) groups is 1. The molecule has 0 aliphatic rings. The van der Waals surface area contributed by atoms with Crippen molar-refractivity contribution < 1.29 is 9.53 Å². The van der Waals surface area contributed by atoms with E-state index in [0.29, 0.717) is 34.5 Å². The number of methoxy groups -OCH3 is 1. The van der Waals surface area contributed by atoms with Crippen LogP contribution in [0.25, 0.3) is 10.8 Å². The van der Waals surface area contributed by atoms with E-state index in [1.54, 1.807) is 25.1 Å². The number of carbonyl (C=O) groups excluding carboxylic acids is 1. The fourth-order valence-corrected chi connectivity index (χ4v) is 2.22. The molecule has 0 spiro atoms. The van der Waals surface area contributed by atoms with Gasteiger partial charge in [0.05, 0.1) is 12.7 Å². The summed E-state index contributed by atoms with van der Waals surface area (Å²) in [4.78, 5) is 21.3. The van der Waals surface area contributed by atoms with Crippen molar-refractivity contribution in [2.24, 2.45) is 16.5 Å². The predicted octanol–water partition coefficient (Wildman–Crippen LogP) is 2.74. The van der Waals surface area contributed by atoms with Gasteiger partial charge in [0.25, 0.3) is 0 Å². The maximum absolute atomic E-state index is 11.1. The summed E-state index contributed by atoms with van der Waals surface area (Å²) in [5.74, 6) is 1.01. The number of pyridine rings is 1. The summed E-state index contributed by atoms with van der Waals surface area (Å²) >= 11 is 6.16. The van der Waals surface area contributed by atoms with E-state index in [0.717, 1.165) is 5.39 Å². The van der Waals surface area contributed by atoms with Crippen molar-refractivity contribution in [2.45, 2.75) is 6.92 Å². The van der Waals surface area contributed by atoms with Crippen LogP contribution in [0, 0.1) is 0 Å². The van der Waals surface area contributed by atoms with Gasteiger partial charge in [0.1, 0.15) is 16.7 Å². The van der Waals surface area contributed by atoms with E-state index in [1.165, 1.54) is 13.2 Å². The number of aliphatic imine (C=N–C) groups is 1. The molecule has 4 N–H and O–H groups in total. The Morgan fingerprint density at radius 3 is 2.38 bits per heavy atom. The molecule has 2 aromatic rings. The summed E-state index contributed by atoms with van der Waals surface area (Å²) in [7, 11) is 7.49. The maximum Gasteiger partial charge on any atom is 0.156 e. The van der Waals surface area contributed by atoms with Gasteiger partial charge >= 0.3 is 0 Å². The Bertz CT molecular complexity index is 840. The molecule has 1 aromatic carbocycles. The number of halogens is 1. The topological polar surface area (TPSA) is 107 Å². The highest BCUT2D eigenvalue weighted by atomic mass is 35.5. The molecule has 0 fully saturated rings. The predicted molar refractivity (Wildman–Crippen MR) is 108 cm³/mol. The lowest BCUT2D eigenvalue weighted by atomic mass is 10.1. The van der Waals surface area contributed by atoms with E-state index >= 15 is 0 Å². The first-order valence-corrected chi connectivity index (χ1v) is 8.08. The highest BCUT2D eigenvalue weighted by Crippen LogP contribution is 2.31. The van der Waals surface area contributed by atoms with Crippen LogP contribution in [-0.2, 0) is 0 Å². The summed E-state index contributed by atoms with van der Waals surface area (Å²) in [5.41, 5.74) is 12.2. The van der Waals surface area contributed by atoms with Gasteiger partial charge < -0.3 is 21.1 Å². The maximum atomic E-state index is 11.1. The van der Waals surface area contributed by atoms with Crippen molar-refractivity contribution in [3.8, 4) is 5.75 Å². The van der Waals surface area contributed by atoms with Crippen LogP contribution in [0.3, 0.4) is 0 Å². The number of rotatable bonds is 4. The van der Waals surface area contributed by atoms with Crippen molar-refractivity contribution in [3.63, 3.8) is 0 Å². The molecule has 140 valence electrons. The lowest BCUT2D eigenvalue weighted by Crippen LogP contribution is -2.10. The average Bonchev–Trinajstić information content (AvgIpc) is 2.52. The van der Waals surface area contributed by atoms with Crippen LogP contribution in [0.15, 0.2) is 35.0 Å². The number of aromatic nitrogens is 1. The van der Waals surface area contributed by atoms with Gasteiger partial charge in [-0.05, 0) is 57.7 Å². The molecule has 0 aliphatic heterocycles. The third kappa shape index (κ3) is 6.34. The van der Waals surface area contributed by atoms with Crippen LogP contribution in [0.1, 0.15) is 17.3 Å². The van der Waals surface area contributed by atoms with E-state index < -0.39 is 0 Å². The Hall–Kier alpha value is -2.64. The fraction of sp³-hybridized carbons (Fsp3) is 0.278. The molecule has 0 atom stereocenters. The molecule has 0 radical (unpaired) electrons. The third-order valence-electron chi connectivity index (χ3n) is 2.87. The monoisotopic (exact) mass is 377 g/mol. The van der Waals surface area contributed by atoms with Crippen molar-refractivity contribution in [1.82, 2.24) is 9.88 Å². The number of fused-ring (bicyclic) bond motifs is 1. The molecule has 8 heteroatoms. The van der Waals surface area contributed by atoms with Crippen molar-refractivity contribution in [2.75, 3.05) is 28.3 Å². The standard InChI is InChI=1S/C15H15ClN4O2.C3H9N/c1-8(17)3-13(18)19-14-6-9-5-12(22-2)10(7-21)4-11(9)15(16)20-14;1-4(2)3/h3-7H,17H2,1-2H3,(H2,18,19,20);1-3H3/b8-3-;. The van der Waals surface area contributed by atoms with Gasteiger partial charge in [-0.25, -0.2) is 9.98 Å². The number of nitrogens with zero attached hydrogens (tertiary/aromatic N) is 3. The van der Waals surface area contributed by atoms with Crippen LogP contribution in [0.4, 0.5) is 5.82 Å². The number of hydrogen-bond donors (Lipinski definition) is 2. The molecular formula is C18H24ClN5O2. The van der Waals surface area contributed by atoms with E-state index in [-0.39, 0.29) is 11.0 Å². The molecule has 1 heterocycles. The first-order valence-electron chi connectivity index (χ1n) is 7.70. The fourth-order valence-electron chi connectivity index (χ4n) is 1.97. The Balaban J connectivity index is 0.000000765. The molecule has 1 aromatic heterocycles. The second kappa shape index (κ2) is 9.74. The number of benzene rings is 1. The van der Waals surface area contributed by atoms with E-state index in [4.69, 9.17) is 27.8 Å². The lowest BCUT2D eigenvalue weighted by molar-refractivity contribution is 0.112. The molecule has 0 bridgehead atoms. The van der Waals surface area contributed by atoms with Gasteiger partial charge in [0.2, 0.25) is 0 Å². The Kier molecular flexibility index (Phi) is 8.02. The van der Waals surface area contributed by atoms with Gasteiger partial charge in [0, 0.05) is 11.1 Å². The van der Waals surface area contributed by atoms with Gasteiger partial charge in [-0.3, -0.25) is 4.79 Å². The van der Waals surface area contributed by atoms with E-state index in [1.807, 2.05) is 26.0 Å². The summed E-state index contributed by atoms with van der Waals surface area (Å²) < 4.78 is 5.18. The number of aldehydes is 1. The van der Waals surface area contributed by atoms with Crippen LogP contribution in [0.2, 0.25) is 5.15 Å². The first kappa shape index (κ1) is 21.4. The highest BCUT2D eigenvalue weighted by Gasteiger charge is 2.10. The van der Waals surface area contributed by atoms with Gasteiger partial charge in [-0.1, -0.05) is 11.6 Å². The molecule has 2 rings (SSSR count). The van der Waals surface area contributed by atoms with Crippen LogP contribution in [-0.4, -0.2) is 50.3 Å². The lowest BCUT2D eigenvalue weighted by Gasteiger charge is -2.08. The summed E-state index contributed by atoms with van der Waals surface area (Å²) in [6.45, 7) is 1.70. The normalized spacial score (nSPS) is 12.0. The summed E-state index contributed by atoms with van der Waals surface area (Å²) in [5, 5.41) is 1.60. The minimum absolute atomic E-state index is 0.222. The molecule has 0 saturated heterocycles. The zero-order chi connectivity index (χ0) is 19.9. The SMILES string of the molecule is CN(C)C.COc1cc2cc(/N=C(N)\C=C(\C)N)nc(Cl)c2cc1C=O. The molecule has 0 aliphatic carbocycles. The minimum Gasteiger partial charge on any atom is -0.496 e. The van der Waals surface area contributed by atoms with E-state index in [2.05, 4.69) is 9.98 Å². The first-order chi connectivity index (χ1) is 12.2. The largest absolute Gasteiger partial charge is 0.496 e. The molecule has 0 unspecified atom stereocenters. The number of hydrogen-bond acceptors (Lipinski definition) is 6. The zero-order valence-corrected chi connectivity index (χ0v) is 16.3. The summed E-state index contributed by atoms with van der Waals surface area (Å²) in [6.07, 6.45) is 2.23. The molecule has 0 saturated carbocycles. The number of ether oxygens (including phenoxy) is 1. The van der Waals surface area contributed by atoms with Crippen molar-refractivity contribution >= 4 is 40.3 Å². The third-order valence-corrected chi connectivity index (χ3v) is 3.16. The molecule has 26 heavy (non-hydrogen) atoms. The van der Waals surface area contributed by atoms with Crippen LogP contribution in [0.5, 0.6) is 5.75 Å². The molecule has 0 amide bonds.